The number of hydrogen-bond donors (Lipinski definition) is 1. The number of fused-ring (bicyclic) bond motifs is 1. The van der Waals surface area contributed by atoms with Crippen molar-refractivity contribution in [1.29, 1.82) is 0 Å². The molecule has 0 aliphatic carbocycles. The molecule has 0 spiro atoms. The molecule has 0 bridgehead atoms. The molecule has 2 nitrogen and oxygen atoms in total. The van der Waals surface area contributed by atoms with Gasteiger partial charge < -0.3 is 9.88 Å². The van der Waals surface area contributed by atoms with Crippen molar-refractivity contribution in [3.05, 3.63) is 64.8 Å². The monoisotopic (exact) mass is 304 g/mol. The first kappa shape index (κ1) is 13.3. The van der Waals surface area contributed by atoms with Crippen molar-refractivity contribution < 1.29 is 0 Å². The fourth-order valence-electron chi connectivity index (χ4n) is 2.27. The first-order valence-corrected chi connectivity index (χ1v) is 7.22. The summed E-state index contributed by atoms with van der Waals surface area (Å²) in [4.78, 5) is 0. The number of nitrogens with one attached hydrogen (secondary N) is 1. The average molecular weight is 305 g/mol. The van der Waals surface area contributed by atoms with Crippen LogP contribution in [0.2, 0.25) is 10.0 Å². The molecule has 1 heterocycles. The summed E-state index contributed by atoms with van der Waals surface area (Å²) in [5.74, 6) is 0. The Bertz CT molecular complexity index is 734. The fourth-order valence-corrected chi connectivity index (χ4v) is 2.64. The third-order valence-electron chi connectivity index (χ3n) is 3.28. The number of anilines is 1. The van der Waals surface area contributed by atoms with E-state index in [4.69, 9.17) is 23.2 Å². The lowest BCUT2D eigenvalue weighted by molar-refractivity contribution is 0.757. The average Bonchev–Trinajstić information content (AvgIpc) is 2.83. The van der Waals surface area contributed by atoms with Crippen molar-refractivity contribution in [3.63, 3.8) is 0 Å². The second-order valence-electron chi connectivity index (χ2n) is 4.62. The van der Waals surface area contributed by atoms with Crippen LogP contribution >= 0.6 is 23.2 Å². The van der Waals surface area contributed by atoms with Crippen molar-refractivity contribution in [3.8, 4) is 0 Å². The Labute approximate surface area is 127 Å². The molecule has 20 heavy (non-hydrogen) atoms. The second-order valence-corrected chi connectivity index (χ2v) is 5.46. The summed E-state index contributed by atoms with van der Waals surface area (Å²) in [7, 11) is 0. The molecule has 4 heteroatoms. The predicted molar refractivity (Wildman–Crippen MR) is 86.9 cm³/mol. The van der Waals surface area contributed by atoms with Gasteiger partial charge in [-0.2, -0.15) is 0 Å². The lowest BCUT2D eigenvalue weighted by Crippen LogP contribution is -2.09. The molecule has 3 aromatic rings. The highest BCUT2D eigenvalue weighted by atomic mass is 35.5. The molecule has 0 fully saturated rings. The lowest BCUT2D eigenvalue weighted by atomic mass is 10.2. The Morgan fingerprint density at radius 1 is 1.00 bits per heavy atom. The summed E-state index contributed by atoms with van der Waals surface area (Å²) < 4.78 is 2.19. The van der Waals surface area contributed by atoms with Gasteiger partial charge in [-0.15, -0.1) is 0 Å². The number of aromatic nitrogens is 1. The Hall–Kier alpha value is -1.64. The van der Waals surface area contributed by atoms with Crippen molar-refractivity contribution in [2.24, 2.45) is 0 Å². The largest absolute Gasteiger partial charge is 0.382 e. The van der Waals surface area contributed by atoms with Crippen molar-refractivity contribution in [2.75, 3.05) is 11.9 Å². The Morgan fingerprint density at radius 2 is 1.85 bits per heavy atom. The van der Waals surface area contributed by atoms with E-state index in [1.165, 1.54) is 5.39 Å². The maximum Gasteiger partial charge on any atom is 0.0637 e. The molecule has 3 rings (SSSR count). The van der Waals surface area contributed by atoms with Crippen molar-refractivity contribution >= 4 is 39.8 Å². The van der Waals surface area contributed by atoms with Crippen LogP contribution < -0.4 is 5.32 Å². The van der Waals surface area contributed by atoms with Gasteiger partial charge in [0.15, 0.2) is 0 Å². The van der Waals surface area contributed by atoms with E-state index in [0.717, 1.165) is 34.3 Å². The van der Waals surface area contributed by atoms with Crippen LogP contribution in [0, 0.1) is 0 Å². The minimum atomic E-state index is 0.743. The minimum Gasteiger partial charge on any atom is -0.382 e. The zero-order valence-electron chi connectivity index (χ0n) is 10.8. The number of halogens is 2. The summed E-state index contributed by atoms with van der Waals surface area (Å²) in [5, 5.41) is 6.05. The van der Waals surface area contributed by atoms with Gasteiger partial charge in [-0.05, 0) is 35.7 Å². The smallest absolute Gasteiger partial charge is 0.0637 e. The molecule has 1 N–H and O–H groups in total. The normalized spacial score (nSPS) is 10.9. The zero-order chi connectivity index (χ0) is 13.9. The molecule has 2 aromatic carbocycles. The molecule has 0 saturated carbocycles. The van der Waals surface area contributed by atoms with Gasteiger partial charge in [-0.3, -0.25) is 0 Å². The fraction of sp³-hybridized carbons (Fsp3) is 0.125. The first-order chi connectivity index (χ1) is 9.74. The summed E-state index contributed by atoms with van der Waals surface area (Å²) in [6.45, 7) is 1.66. The molecule has 0 saturated heterocycles. The van der Waals surface area contributed by atoms with Crippen LogP contribution in [0.15, 0.2) is 54.7 Å². The van der Waals surface area contributed by atoms with Crippen LogP contribution in [0.4, 0.5) is 5.69 Å². The van der Waals surface area contributed by atoms with Crippen molar-refractivity contribution in [2.45, 2.75) is 6.54 Å². The van der Waals surface area contributed by atoms with Crippen LogP contribution in [-0.4, -0.2) is 11.1 Å². The van der Waals surface area contributed by atoms with Gasteiger partial charge in [0.1, 0.15) is 0 Å². The first-order valence-electron chi connectivity index (χ1n) is 6.47. The van der Waals surface area contributed by atoms with Gasteiger partial charge in [0, 0.05) is 29.8 Å². The molecular formula is C16H14Cl2N2. The summed E-state index contributed by atoms with van der Waals surface area (Å²) in [6.07, 6.45) is 2.08. The van der Waals surface area contributed by atoms with E-state index in [0.29, 0.717) is 0 Å². The van der Waals surface area contributed by atoms with Crippen LogP contribution in [-0.2, 0) is 6.54 Å². The zero-order valence-corrected chi connectivity index (χ0v) is 12.3. The van der Waals surface area contributed by atoms with E-state index >= 15 is 0 Å². The van der Waals surface area contributed by atoms with E-state index in [1.54, 1.807) is 0 Å². The van der Waals surface area contributed by atoms with Crippen LogP contribution in [0.3, 0.4) is 0 Å². The standard InChI is InChI=1S/C16H14Cl2N2/c17-13-6-5-12-7-9-20(16(12)11-13)10-8-19-15-4-2-1-3-14(15)18/h1-7,9,11,19H,8,10H2. The Morgan fingerprint density at radius 3 is 2.70 bits per heavy atom. The molecule has 0 radical (unpaired) electrons. The quantitative estimate of drug-likeness (QED) is 0.713. The molecule has 0 aliphatic heterocycles. The maximum absolute atomic E-state index is 6.11. The van der Waals surface area contributed by atoms with Crippen molar-refractivity contribution in [1.82, 2.24) is 4.57 Å². The molecule has 0 amide bonds. The molecule has 1 aromatic heterocycles. The topological polar surface area (TPSA) is 17.0 Å². The number of benzene rings is 2. The predicted octanol–water partition coefficient (Wildman–Crippen LogP) is 5.06. The highest BCUT2D eigenvalue weighted by molar-refractivity contribution is 6.33. The van der Waals surface area contributed by atoms with Gasteiger partial charge in [0.2, 0.25) is 0 Å². The van der Waals surface area contributed by atoms with Gasteiger partial charge in [-0.25, -0.2) is 0 Å². The van der Waals surface area contributed by atoms with Gasteiger partial charge >= 0.3 is 0 Å². The van der Waals surface area contributed by atoms with Crippen LogP contribution in [0.1, 0.15) is 0 Å². The number of hydrogen-bond acceptors (Lipinski definition) is 1. The SMILES string of the molecule is Clc1ccc2ccn(CCNc3ccccc3Cl)c2c1. The number of para-hydroxylation sites is 1. The third kappa shape index (κ3) is 2.77. The minimum absolute atomic E-state index is 0.743. The van der Waals surface area contributed by atoms with E-state index < -0.39 is 0 Å². The Kier molecular flexibility index (Phi) is 3.86. The molecule has 102 valence electrons. The van der Waals surface area contributed by atoms with Gasteiger partial charge in [0.05, 0.1) is 10.7 Å². The molecule has 0 atom stereocenters. The van der Waals surface area contributed by atoms with E-state index in [2.05, 4.69) is 22.1 Å². The molecule has 0 unspecified atom stereocenters. The van der Waals surface area contributed by atoms with Gasteiger partial charge in [-0.1, -0.05) is 41.4 Å². The maximum atomic E-state index is 6.11. The second kappa shape index (κ2) is 5.78. The van der Waals surface area contributed by atoms with Gasteiger partial charge in [0.25, 0.3) is 0 Å². The number of rotatable bonds is 4. The van der Waals surface area contributed by atoms with Crippen LogP contribution in [0.5, 0.6) is 0 Å². The molecule has 0 aliphatic rings. The third-order valence-corrected chi connectivity index (χ3v) is 3.84. The molecular weight excluding hydrogens is 291 g/mol. The van der Waals surface area contributed by atoms with E-state index in [-0.39, 0.29) is 0 Å². The summed E-state index contributed by atoms with van der Waals surface area (Å²) in [6, 6.07) is 15.8. The Balaban J connectivity index is 1.71. The van der Waals surface area contributed by atoms with E-state index in [9.17, 15) is 0 Å². The lowest BCUT2D eigenvalue weighted by Gasteiger charge is -2.10. The summed E-state index contributed by atoms with van der Waals surface area (Å²) >= 11 is 12.2. The van der Waals surface area contributed by atoms with Crippen LogP contribution in [0.25, 0.3) is 10.9 Å². The highest BCUT2D eigenvalue weighted by Gasteiger charge is 2.02. The van der Waals surface area contributed by atoms with E-state index in [1.807, 2.05) is 42.5 Å². The summed E-state index contributed by atoms with van der Waals surface area (Å²) in [5.41, 5.74) is 2.11. The highest BCUT2D eigenvalue weighted by Crippen LogP contribution is 2.22. The number of nitrogens with zero attached hydrogens (tertiary/aromatic N) is 1.